The Morgan fingerprint density at radius 2 is 2.33 bits per heavy atom. The van der Waals surface area contributed by atoms with Gasteiger partial charge >= 0.3 is 5.97 Å². The molecule has 4 nitrogen and oxygen atoms in total. The number of carbonyl (C=O) groups is 1. The molecule has 0 aromatic carbocycles. The second-order valence-corrected chi connectivity index (χ2v) is 4.89. The van der Waals surface area contributed by atoms with Crippen LogP contribution in [-0.2, 0) is 0 Å². The van der Waals surface area contributed by atoms with Crippen LogP contribution in [0.1, 0.15) is 43.0 Å². The van der Waals surface area contributed by atoms with E-state index in [0.717, 1.165) is 37.5 Å². The first-order valence-corrected chi connectivity index (χ1v) is 6.64. The van der Waals surface area contributed by atoms with Crippen molar-refractivity contribution < 1.29 is 9.90 Å². The molecular weight excluding hydrogens is 228 g/mol. The van der Waals surface area contributed by atoms with Crippen LogP contribution in [0.25, 0.3) is 0 Å². The molecule has 4 heteroatoms. The molecule has 0 bridgehead atoms. The number of anilines is 1. The molecule has 1 saturated heterocycles. The summed E-state index contributed by atoms with van der Waals surface area (Å²) in [6.45, 7) is 4.12. The third-order valence-corrected chi connectivity index (χ3v) is 3.79. The summed E-state index contributed by atoms with van der Waals surface area (Å²) in [5.74, 6) is -0.112. The van der Waals surface area contributed by atoms with Gasteiger partial charge in [0.25, 0.3) is 0 Å². The minimum absolute atomic E-state index is 0.312. The standard InChI is InChI=1S/C14H20N2O2/c1-2-11-4-3-8-16(9-6-11)13-5-7-15-10-12(13)14(17)18/h5,7,10-11H,2-4,6,8-9H2,1H3,(H,17,18). The second-order valence-electron chi connectivity index (χ2n) is 4.89. The van der Waals surface area contributed by atoms with E-state index in [0.29, 0.717) is 5.56 Å². The van der Waals surface area contributed by atoms with E-state index in [2.05, 4.69) is 16.8 Å². The van der Waals surface area contributed by atoms with E-state index in [1.807, 2.05) is 6.07 Å². The van der Waals surface area contributed by atoms with Gasteiger partial charge in [-0.2, -0.15) is 0 Å². The van der Waals surface area contributed by atoms with Gasteiger partial charge in [0.1, 0.15) is 5.56 Å². The third-order valence-electron chi connectivity index (χ3n) is 3.79. The zero-order valence-corrected chi connectivity index (χ0v) is 10.8. The Balaban J connectivity index is 2.18. The molecule has 98 valence electrons. The van der Waals surface area contributed by atoms with E-state index in [1.54, 1.807) is 6.20 Å². The fourth-order valence-corrected chi connectivity index (χ4v) is 2.64. The van der Waals surface area contributed by atoms with E-state index in [4.69, 9.17) is 0 Å². The highest BCUT2D eigenvalue weighted by molar-refractivity contribution is 5.94. The lowest BCUT2D eigenvalue weighted by Crippen LogP contribution is -2.26. The lowest BCUT2D eigenvalue weighted by Gasteiger charge is -2.24. The molecule has 1 aliphatic heterocycles. The van der Waals surface area contributed by atoms with Crippen LogP contribution >= 0.6 is 0 Å². The van der Waals surface area contributed by atoms with Crippen molar-refractivity contribution in [2.24, 2.45) is 5.92 Å². The number of rotatable bonds is 3. The lowest BCUT2D eigenvalue weighted by molar-refractivity contribution is 0.0697. The molecule has 1 aromatic rings. The highest BCUT2D eigenvalue weighted by atomic mass is 16.4. The summed E-state index contributed by atoms with van der Waals surface area (Å²) in [5.41, 5.74) is 1.13. The van der Waals surface area contributed by atoms with Gasteiger partial charge in [-0.1, -0.05) is 13.3 Å². The van der Waals surface area contributed by atoms with Crippen LogP contribution in [0.2, 0.25) is 0 Å². The molecule has 1 unspecified atom stereocenters. The van der Waals surface area contributed by atoms with Crippen molar-refractivity contribution in [1.82, 2.24) is 4.98 Å². The van der Waals surface area contributed by atoms with E-state index in [9.17, 15) is 9.90 Å². The van der Waals surface area contributed by atoms with Gasteiger partial charge in [0.05, 0.1) is 5.69 Å². The molecule has 0 aliphatic carbocycles. The highest BCUT2D eigenvalue weighted by Gasteiger charge is 2.20. The monoisotopic (exact) mass is 248 g/mol. The number of aromatic nitrogens is 1. The lowest BCUT2D eigenvalue weighted by atomic mass is 9.98. The molecule has 1 aromatic heterocycles. The van der Waals surface area contributed by atoms with Crippen molar-refractivity contribution in [2.45, 2.75) is 32.6 Å². The fourth-order valence-electron chi connectivity index (χ4n) is 2.64. The molecule has 1 fully saturated rings. The number of hydrogen-bond acceptors (Lipinski definition) is 3. The highest BCUT2D eigenvalue weighted by Crippen LogP contribution is 2.26. The van der Waals surface area contributed by atoms with Gasteiger partial charge in [-0.05, 0) is 31.2 Å². The quantitative estimate of drug-likeness (QED) is 0.893. The summed E-state index contributed by atoms with van der Waals surface area (Å²) < 4.78 is 0. The van der Waals surface area contributed by atoms with Crippen LogP contribution in [0.4, 0.5) is 5.69 Å². The van der Waals surface area contributed by atoms with Crippen molar-refractivity contribution >= 4 is 11.7 Å². The number of carboxylic acids is 1. The minimum atomic E-state index is -0.894. The van der Waals surface area contributed by atoms with E-state index < -0.39 is 5.97 Å². The summed E-state index contributed by atoms with van der Waals surface area (Å²) >= 11 is 0. The van der Waals surface area contributed by atoms with Crippen molar-refractivity contribution in [1.29, 1.82) is 0 Å². The maximum absolute atomic E-state index is 11.2. The van der Waals surface area contributed by atoms with Crippen LogP contribution in [0.15, 0.2) is 18.5 Å². The second kappa shape index (κ2) is 5.85. The summed E-state index contributed by atoms with van der Waals surface area (Å²) in [5, 5.41) is 9.20. The average Bonchev–Trinajstić information content (AvgIpc) is 2.63. The number of aromatic carboxylic acids is 1. The van der Waals surface area contributed by atoms with Crippen LogP contribution in [0.5, 0.6) is 0 Å². The van der Waals surface area contributed by atoms with Crippen LogP contribution in [0.3, 0.4) is 0 Å². The zero-order valence-electron chi connectivity index (χ0n) is 10.8. The Labute approximate surface area is 108 Å². The SMILES string of the molecule is CCC1CCCN(c2ccncc2C(=O)O)CC1. The minimum Gasteiger partial charge on any atom is -0.478 e. The topological polar surface area (TPSA) is 53.4 Å². The van der Waals surface area contributed by atoms with Crippen LogP contribution in [-0.4, -0.2) is 29.1 Å². The number of carboxylic acid groups (broad SMARTS) is 1. The molecule has 2 heterocycles. The van der Waals surface area contributed by atoms with Crippen molar-refractivity contribution in [2.75, 3.05) is 18.0 Å². The first-order valence-electron chi connectivity index (χ1n) is 6.64. The zero-order chi connectivity index (χ0) is 13.0. The Kier molecular flexibility index (Phi) is 4.18. The van der Waals surface area contributed by atoms with Gasteiger partial charge in [0.2, 0.25) is 0 Å². The first-order chi connectivity index (χ1) is 8.72. The Morgan fingerprint density at radius 3 is 3.06 bits per heavy atom. The van der Waals surface area contributed by atoms with Gasteiger partial charge in [0.15, 0.2) is 0 Å². The normalized spacial score (nSPS) is 20.5. The molecule has 1 N–H and O–H groups in total. The van der Waals surface area contributed by atoms with Crippen LogP contribution < -0.4 is 4.90 Å². The molecule has 1 atom stereocenters. The fraction of sp³-hybridized carbons (Fsp3) is 0.571. The molecule has 0 amide bonds. The number of hydrogen-bond donors (Lipinski definition) is 1. The maximum Gasteiger partial charge on any atom is 0.339 e. The van der Waals surface area contributed by atoms with Crippen molar-refractivity contribution in [3.8, 4) is 0 Å². The number of nitrogens with zero attached hydrogens (tertiary/aromatic N) is 2. The predicted octanol–water partition coefficient (Wildman–Crippen LogP) is 2.80. The van der Waals surface area contributed by atoms with Gasteiger partial charge in [-0.25, -0.2) is 4.79 Å². The smallest absolute Gasteiger partial charge is 0.339 e. The summed E-state index contributed by atoms with van der Waals surface area (Å²) in [7, 11) is 0. The molecule has 0 saturated carbocycles. The van der Waals surface area contributed by atoms with Gasteiger partial charge < -0.3 is 10.0 Å². The van der Waals surface area contributed by atoms with E-state index >= 15 is 0 Å². The third kappa shape index (κ3) is 2.81. The Bertz CT molecular complexity index is 420. The molecule has 18 heavy (non-hydrogen) atoms. The van der Waals surface area contributed by atoms with Gasteiger partial charge in [-0.3, -0.25) is 4.98 Å². The van der Waals surface area contributed by atoms with Gasteiger partial charge in [0, 0.05) is 25.5 Å². The molecule has 2 rings (SSSR count). The van der Waals surface area contributed by atoms with Crippen molar-refractivity contribution in [3.63, 3.8) is 0 Å². The van der Waals surface area contributed by atoms with Crippen molar-refractivity contribution in [3.05, 3.63) is 24.0 Å². The summed E-state index contributed by atoms with van der Waals surface area (Å²) in [4.78, 5) is 17.3. The molecule has 0 spiro atoms. The van der Waals surface area contributed by atoms with E-state index in [-0.39, 0.29) is 0 Å². The van der Waals surface area contributed by atoms with Gasteiger partial charge in [-0.15, -0.1) is 0 Å². The summed E-state index contributed by atoms with van der Waals surface area (Å²) in [6, 6.07) is 1.82. The molecule has 1 aliphatic rings. The van der Waals surface area contributed by atoms with Crippen LogP contribution in [0, 0.1) is 5.92 Å². The molecular formula is C14H20N2O2. The molecule has 0 radical (unpaired) electrons. The predicted molar refractivity (Wildman–Crippen MR) is 71.0 cm³/mol. The number of pyridine rings is 1. The average molecular weight is 248 g/mol. The Hall–Kier alpha value is -1.58. The largest absolute Gasteiger partial charge is 0.478 e. The maximum atomic E-state index is 11.2. The van der Waals surface area contributed by atoms with E-state index in [1.165, 1.54) is 19.0 Å². The Morgan fingerprint density at radius 1 is 1.50 bits per heavy atom. The summed E-state index contributed by atoms with van der Waals surface area (Å²) in [6.07, 6.45) is 7.87. The first kappa shape index (κ1) is 12.9.